The van der Waals surface area contributed by atoms with Gasteiger partial charge in [-0.1, -0.05) is 6.92 Å². The first-order valence-electron chi connectivity index (χ1n) is 3.00. The van der Waals surface area contributed by atoms with Gasteiger partial charge in [0.15, 0.2) is 0 Å². The molecular formula is C5H12N2O3. The molecule has 5 N–H and O–H groups in total. The van der Waals surface area contributed by atoms with Crippen molar-refractivity contribution in [1.82, 2.24) is 5.43 Å². The molecular weight excluding hydrogens is 136 g/mol. The minimum atomic E-state index is -1.14. The number of nitrogens with one attached hydrogen (secondary N) is 1. The average Bonchev–Trinajstić information content (AvgIpc) is 1.88. The molecule has 0 heterocycles. The number of aliphatic carboxylic acids is 1. The quantitative estimate of drug-likeness (QED) is 0.293. The molecule has 5 heteroatoms. The third-order valence-corrected chi connectivity index (χ3v) is 1.25. The van der Waals surface area contributed by atoms with E-state index in [1.165, 1.54) is 0 Å². The molecule has 10 heavy (non-hydrogen) atoms. The van der Waals surface area contributed by atoms with Gasteiger partial charge in [-0.15, -0.1) is 0 Å². The number of hydrazine groups is 1. The van der Waals surface area contributed by atoms with Gasteiger partial charge in [0.05, 0.1) is 6.10 Å². The van der Waals surface area contributed by atoms with Crippen molar-refractivity contribution < 1.29 is 15.0 Å². The monoisotopic (exact) mass is 148 g/mol. The zero-order chi connectivity index (χ0) is 8.15. The Bertz CT molecular complexity index is 117. The number of aliphatic hydroxyl groups excluding tert-OH is 1. The van der Waals surface area contributed by atoms with Crippen LogP contribution in [0.1, 0.15) is 13.3 Å². The summed E-state index contributed by atoms with van der Waals surface area (Å²) < 4.78 is 0. The fourth-order valence-corrected chi connectivity index (χ4v) is 0.583. The number of hydrogen-bond acceptors (Lipinski definition) is 4. The van der Waals surface area contributed by atoms with Crippen LogP contribution in [0.15, 0.2) is 0 Å². The van der Waals surface area contributed by atoms with Crippen LogP contribution in [-0.4, -0.2) is 28.3 Å². The van der Waals surface area contributed by atoms with Gasteiger partial charge in [-0.2, -0.15) is 0 Å². The van der Waals surface area contributed by atoms with Gasteiger partial charge in [0, 0.05) is 0 Å². The number of rotatable bonds is 4. The van der Waals surface area contributed by atoms with Gasteiger partial charge in [-0.05, 0) is 6.42 Å². The molecule has 0 aromatic carbocycles. The number of aliphatic hydroxyl groups is 1. The van der Waals surface area contributed by atoms with Gasteiger partial charge >= 0.3 is 5.97 Å². The number of carboxylic acids is 1. The smallest absolute Gasteiger partial charge is 0.324 e. The Morgan fingerprint density at radius 1 is 1.80 bits per heavy atom. The standard InChI is InChI=1S/C5H12N2O3/c1-2-3(8)4(7-6)5(9)10/h3-4,7-8H,2,6H2,1H3,(H,9,10)/t3?,4-/m0/s1. The molecule has 0 bridgehead atoms. The predicted octanol–water partition coefficient (Wildman–Crippen LogP) is -1.33. The lowest BCUT2D eigenvalue weighted by Crippen LogP contribution is -2.49. The van der Waals surface area contributed by atoms with Crippen LogP contribution in [0.5, 0.6) is 0 Å². The van der Waals surface area contributed by atoms with Crippen molar-refractivity contribution in [2.75, 3.05) is 0 Å². The van der Waals surface area contributed by atoms with Gasteiger partial charge in [0.2, 0.25) is 0 Å². The maximum atomic E-state index is 10.2. The Balaban J connectivity index is 3.92. The van der Waals surface area contributed by atoms with Crippen LogP contribution in [0.3, 0.4) is 0 Å². The van der Waals surface area contributed by atoms with Crippen LogP contribution in [0.2, 0.25) is 0 Å². The van der Waals surface area contributed by atoms with Crippen LogP contribution in [0.4, 0.5) is 0 Å². The summed E-state index contributed by atoms with van der Waals surface area (Å²) in [6.07, 6.45) is -0.566. The molecule has 0 aliphatic carbocycles. The molecule has 0 radical (unpaired) electrons. The van der Waals surface area contributed by atoms with E-state index in [2.05, 4.69) is 0 Å². The van der Waals surface area contributed by atoms with E-state index in [1.54, 1.807) is 6.92 Å². The molecule has 0 amide bonds. The molecule has 0 aliphatic rings. The minimum absolute atomic E-state index is 0.362. The fraction of sp³-hybridized carbons (Fsp3) is 0.800. The molecule has 60 valence electrons. The fourth-order valence-electron chi connectivity index (χ4n) is 0.583. The van der Waals surface area contributed by atoms with Gasteiger partial charge in [-0.3, -0.25) is 10.6 Å². The largest absolute Gasteiger partial charge is 0.480 e. The highest BCUT2D eigenvalue weighted by molar-refractivity contribution is 5.74. The van der Waals surface area contributed by atoms with E-state index in [1.807, 2.05) is 5.43 Å². The van der Waals surface area contributed by atoms with E-state index in [9.17, 15) is 4.79 Å². The van der Waals surface area contributed by atoms with Crippen molar-refractivity contribution in [2.24, 2.45) is 5.84 Å². The number of carboxylic acid groups (broad SMARTS) is 1. The zero-order valence-electron chi connectivity index (χ0n) is 5.74. The topological polar surface area (TPSA) is 95.6 Å². The molecule has 0 saturated carbocycles. The van der Waals surface area contributed by atoms with Crippen molar-refractivity contribution in [3.8, 4) is 0 Å². The number of hydrogen-bond donors (Lipinski definition) is 4. The first-order valence-corrected chi connectivity index (χ1v) is 3.00. The number of carbonyl (C=O) groups is 1. The van der Waals surface area contributed by atoms with Crippen molar-refractivity contribution in [3.63, 3.8) is 0 Å². The number of nitrogens with two attached hydrogens (primary N) is 1. The van der Waals surface area contributed by atoms with Gasteiger partial charge in [0.25, 0.3) is 0 Å². The van der Waals surface area contributed by atoms with Crippen LogP contribution in [-0.2, 0) is 4.79 Å². The van der Waals surface area contributed by atoms with Crippen molar-refractivity contribution in [3.05, 3.63) is 0 Å². The maximum Gasteiger partial charge on any atom is 0.324 e. The third kappa shape index (κ3) is 2.30. The van der Waals surface area contributed by atoms with Gasteiger partial charge in [-0.25, -0.2) is 5.43 Å². The van der Waals surface area contributed by atoms with E-state index in [0.717, 1.165) is 0 Å². The normalized spacial score (nSPS) is 16.3. The minimum Gasteiger partial charge on any atom is -0.480 e. The molecule has 0 saturated heterocycles. The molecule has 0 spiro atoms. The Morgan fingerprint density at radius 3 is 2.40 bits per heavy atom. The van der Waals surface area contributed by atoms with E-state index in [-0.39, 0.29) is 0 Å². The summed E-state index contributed by atoms with van der Waals surface area (Å²) in [7, 11) is 0. The highest BCUT2D eigenvalue weighted by Gasteiger charge is 2.22. The summed E-state index contributed by atoms with van der Waals surface area (Å²) in [4.78, 5) is 10.2. The Hall–Kier alpha value is -0.650. The van der Waals surface area contributed by atoms with Crippen LogP contribution < -0.4 is 11.3 Å². The summed E-state index contributed by atoms with van der Waals surface area (Å²) >= 11 is 0. The Labute approximate surface area is 58.8 Å². The zero-order valence-corrected chi connectivity index (χ0v) is 5.74. The van der Waals surface area contributed by atoms with E-state index in [4.69, 9.17) is 16.1 Å². The molecule has 0 aromatic heterocycles. The molecule has 2 atom stereocenters. The van der Waals surface area contributed by atoms with Crippen LogP contribution in [0.25, 0.3) is 0 Å². The van der Waals surface area contributed by atoms with Gasteiger partial charge < -0.3 is 10.2 Å². The van der Waals surface area contributed by atoms with Crippen molar-refractivity contribution in [1.29, 1.82) is 0 Å². The van der Waals surface area contributed by atoms with Crippen molar-refractivity contribution in [2.45, 2.75) is 25.5 Å². The maximum absolute atomic E-state index is 10.2. The van der Waals surface area contributed by atoms with E-state index < -0.39 is 18.1 Å². The first-order chi connectivity index (χ1) is 4.63. The highest BCUT2D eigenvalue weighted by atomic mass is 16.4. The molecule has 0 fully saturated rings. The second-order valence-electron chi connectivity index (χ2n) is 1.96. The first kappa shape index (κ1) is 9.35. The van der Waals surface area contributed by atoms with Crippen LogP contribution >= 0.6 is 0 Å². The molecule has 0 rings (SSSR count). The van der Waals surface area contributed by atoms with Crippen LogP contribution in [0, 0.1) is 0 Å². The summed E-state index contributed by atoms with van der Waals surface area (Å²) in [5.41, 5.74) is 2.00. The molecule has 0 aromatic rings. The van der Waals surface area contributed by atoms with E-state index in [0.29, 0.717) is 6.42 Å². The molecule has 5 nitrogen and oxygen atoms in total. The average molecular weight is 148 g/mol. The van der Waals surface area contributed by atoms with Crippen molar-refractivity contribution >= 4 is 5.97 Å². The molecule has 0 aliphatic heterocycles. The Kier molecular flexibility index (Phi) is 3.94. The summed E-state index contributed by atoms with van der Waals surface area (Å²) in [5.74, 6) is 3.72. The second kappa shape index (κ2) is 4.21. The van der Waals surface area contributed by atoms with Gasteiger partial charge in [0.1, 0.15) is 6.04 Å². The SMILES string of the molecule is CCC(O)[C@H](NN)C(=O)O. The third-order valence-electron chi connectivity index (χ3n) is 1.25. The lowest BCUT2D eigenvalue weighted by atomic mass is 10.1. The lowest BCUT2D eigenvalue weighted by molar-refractivity contribution is -0.142. The highest BCUT2D eigenvalue weighted by Crippen LogP contribution is 1.96. The summed E-state index contributed by atoms with van der Waals surface area (Å²) in [6.45, 7) is 1.68. The second-order valence-corrected chi connectivity index (χ2v) is 1.96. The summed E-state index contributed by atoms with van der Waals surface area (Å²) in [6, 6.07) is -1.06. The Morgan fingerprint density at radius 2 is 2.30 bits per heavy atom. The predicted molar refractivity (Wildman–Crippen MR) is 35.0 cm³/mol. The summed E-state index contributed by atoms with van der Waals surface area (Å²) in [5, 5.41) is 17.3. The lowest BCUT2D eigenvalue weighted by Gasteiger charge is -2.15. The van der Waals surface area contributed by atoms with E-state index >= 15 is 0 Å². The molecule has 1 unspecified atom stereocenters.